The van der Waals surface area contributed by atoms with Crippen LogP contribution in [0.2, 0.25) is 0 Å². The number of carbonyl (C=O) groups excluding carboxylic acids is 1. The van der Waals surface area contributed by atoms with Crippen molar-refractivity contribution in [3.63, 3.8) is 0 Å². The summed E-state index contributed by atoms with van der Waals surface area (Å²) in [6, 6.07) is 0. The van der Waals surface area contributed by atoms with E-state index in [4.69, 9.17) is 5.11 Å². The zero-order valence-corrected chi connectivity index (χ0v) is 7.15. The van der Waals surface area contributed by atoms with Crippen molar-refractivity contribution < 1.29 is 19.7 Å². The van der Waals surface area contributed by atoms with Gasteiger partial charge < -0.3 is 14.9 Å². The molecule has 0 aromatic rings. The molecule has 0 aliphatic heterocycles. The van der Waals surface area contributed by atoms with Crippen molar-refractivity contribution in [1.29, 1.82) is 0 Å². The Bertz CT molecular complexity index is 312. The van der Waals surface area contributed by atoms with Crippen LogP contribution in [0.1, 0.15) is 6.92 Å². The van der Waals surface area contributed by atoms with Gasteiger partial charge in [0.1, 0.15) is 6.10 Å². The third-order valence-electron chi connectivity index (χ3n) is 1.51. The number of hydrogen-bond donors (Lipinski definition) is 2. The number of allylic oxidation sites excluding steroid dienone is 1. The lowest BCUT2D eigenvalue weighted by atomic mass is 10.3. The molecule has 0 saturated carbocycles. The first-order valence-corrected chi connectivity index (χ1v) is 3.69. The summed E-state index contributed by atoms with van der Waals surface area (Å²) in [5.41, 5.74) is 0.208. The second-order valence-corrected chi connectivity index (χ2v) is 2.72. The minimum absolute atomic E-state index is 0.145. The Labute approximate surface area is 75.4 Å². The molecule has 1 aliphatic carbocycles. The van der Waals surface area contributed by atoms with Crippen molar-refractivity contribution in [1.82, 2.24) is 0 Å². The molecule has 70 valence electrons. The zero-order chi connectivity index (χ0) is 10.0. The molecule has 0 aromatic heterocycles. The van der Waals surface area contributed by atoms with Crippen LogP contribution in [0.3, 0.4) is 0 Å². The van der Waals surface area contributed by atoms with E-state index in [-0.39, 0.29) is 17.1 Å². The maximum Gasteiger partial charge on any atom is 0.338 e. The predicted octanol–water partition coefficient (Wildman–Crippen LogP) is 0.806. The van der Waals surface area contributed by atoms with E-state index in [0.717, 1.165) is 0 Å². The number of rotatable bonds is 2. The second kappa shape index (κ2) is 3.45. The first kappa shape index (κ1) is 9.54. The first-order valence-electron chi connectivity index (χ1n) is 3.69. The molecule has 4 nitrogen and oxygen atoms in total. The number of hydrogen-bond acceptors (Lipinski definition) is 4. The molecule has 0 heterocycles. The standard InChI is InChI=1S/C9H10O4/c1-5(2)9(12)13-8-6(10)3-4-7(8)11/h3-4,6,10-11H,1H2,2H3. The molecule has 13 heavy (non-hydrogen) atoms. The number of aliphatic hydroxyl groups is 2. The Balaban J connectivity index is 2.71. The summed E-state index contributed by atoms with van der Waals surface area (Å²) in [6.07, 6.45) is 1.53. The minimum Gasteiger partial charge on any atom is -0.504 e. The van der Waals surface area contributed by atoms with Crippen LogP contribution in [-0.2, 0) is 9.53 Å². The highest BCUT2D eigenvalue weighted by Gasteiger charge is 2.22. The number of esters is 1. The fourth-order valence-electron chi connectivity index (χ4n) is 0.803. The third kappa shape index (κ3) is 1.97. The van der Waals surface area contributed by atoms with Crippen LogP contribution in [0, 0.1) is 0 Å². The van der Waals surface area contributed by atoms with Crippen molar-refractivity contribution >= 4 is 5.97 Å². The minimum atomic E-state index is -1.05. The van der Waals surface area contributed by atoms with Crippen molar-refractivity contribution in [2.75, 3.05) is 0 Å². The molecule has 1 unspecified atom stereocenters. The lowest BCUT2D eigenvalue weighted by Gasteiger charge is -2.08. The molecule has 0 spiro atoms. The largest absolute Gasteiger partial charge is 0.504 e. The second-order valence-electron chi connectivity index (χ2n) is 2.72. The summed E-state index contributed by atoms with van der Waals surface area (Å²) in [5, 5.41) is 18.3. The quantitative estimate of drug-likeness (QED) is 0.489. The van der Waals surface area contributed by atoms with Crippen LogP contribution < -0.4 is 0 Å². The van der Waals surface area contributed by atoms with E-state index in [1.165, 1.54) is 19.1 Å². The number of carbonyl (C=O) groups is 1. The first-order chi connectivity index (χ1) is 6.02. The normalized spacial score (nSPS) is 20.6. The third-order valence-corrected chi connectivity index (χ3v) is 1.51. The summed E-state index contributed by atoms with van der Waals surface area (Å²) < 4.78 is 4.68. The summed E-state index contributed by atoms with van der Waals surface area (Å²) in [5.74, 6) is -1.04. The topological polar surface area (TPSA) is 66.8 Å². The fourth-order valence-corrected chi connectivity index (χ4v) is 0.803. The average Bonchev–Trinajstić information content (AvgIpc) is 2.35. The molecule has 0 aromatic carbocycles. The van der Waals surface area contributed by atoms with Gasteiger partial charge in [0.05, 0.1) is 0 Å². The Kier molecular flexibility index (Phi) is 2.53. The smallest absolute Gasteiger partial charge is 0.338 e. The van der Waals surface area contributed by atoms with E-state index in [2.05, 4.69) is 11.3 Å². The molecule has 0 saturated heterocycles. The summed E-state index contributed by atoms with van der Waals surface area (Å²) >= 11 is 0. The van der Waals surface area contributed by atoms with Gasteiger partial charge in [-0.3, -0.25) is 0 Å². The van der Waals surface area contributed by atoms with Gasteiger partial charge in [0.25, 0.3) is 0 Å². The van der Waals surface area contributed by atoms with Crippen molar-refractivity contribution in [3.8, 4) is 0 Å². The maximum absolute atomic E-state index is 11.0. The molecule has 4 heteroatoms. The van der Waals surface area contributed by atoms with E-state index in [0.29, 0.717) is 0 Å². The highest BCUT2D eigenvalue weighted by Crippen LogP contribution is 2.19. The Hall–Kier alpha value is -1.55. The van der Waals surface area contributed by atoms with Gasteiger partial charge in [0.2, 0.25) is 0 Å². The highest BCUT2D eigenvalue weighted by atomic mass is 16.6. The maximum atomic E-state index is 11.0. The SMILES string of the molecule is C=C(C)C(=O)OC1=C(O)C=CC1O. The van der Waals surface area contributed by atoms with Gasteiger partial charge in [0, 0.05) is 5.57 Å². The summed E-state index contributed by atoms with van der Waals surface area (Å²) in [6.45, 7) is 4.85. The molecular formula is C9H10O4. The van der Waals surface area contributed by atoms with E-state index >= 15 is 0 Å². The van der Waals surface area contributed by atoms with E-state index in [9.17, 15) is 9.90 Å². The van der Waals surface area contributed by atoms with Crippen molar-refractivity contribution in [2.45, 2.75) is 13.0 Å². The van der Waals surface area contributed by atoms with Gasteiger partial charge in [-0.15, -0.1) is 0 Å². The van der Waals surface area contributed by atoms with Gasteiger partial charge >= 0.3 is 5.97 Å². The van der Waals surface area contributed by atoms with E-state index < -0.39 is 12.1 Å². The van der Waals surface area contributed by atoms with Crippen LogP contribution in [0.15, 0.2) is 35.8 Å². The highest BCUT2D eigenvalue weighted by molar-refractivity contribution is 5.87. The molecule has 0 bridgehead atoms. The number of ether oxygens (including phenoxy) is 1. The van der Waals surface area contributed by atoms with Gasteiger partial charge in [-0.25, -0.2) is 4.79 Å². The van der Waals surface area contributed by atoms with Gasteiger partial charge in [-0.05, 0) is 19.1 Å². The monoisotopic (exact) mass is 182 g/mol. The Morgan fingerprint density at radius 3 is 2.69 bits per heavy atom. The fraction of sp³-hybridized carbons (Fsp3) is 0.222. The van der Waals surface area contributed by atoms with Crippen LogP contribution in [0.4, 0.5) is 0 Å². The Morgan fingerprint density at radius 2 is 2.31 bits per heavy atom. The molecule has 2 N–H and O–H groups in total. The average molecular weight is 182 g/mol. The van der Waals surface area contributed by atoms with E-state index in [1.807, 2.05) is 0 Å². The Morgan fingerprint density at radius 1 is 1.69 bits per heavy atom. The van der Waals surface area contributed by atoms with Crippen LogP contribution >= 0.6 is 0 Å². The molecule has 0 fully saturated rings. The van der Waals surface area contributed by atoms with Crippen molar-refractivity contribution in [2.24, 2.45) is 0 Å². The van der Waals surface area contributed by atoms with Crippen LogP contribution in [-0.4, -0.2) is 22.3 Å². The molecule has 1 aliphatic rings. The molecule has 0 amide bonds. The molecule has 1 rings (SSSR count). The molecular weight excluding hydrogens is 172 g/mol. The number of aliphatic hydroxyl groups excluding tert-OH is 2. The summed E-state index contributed by atoms with van der Waals surface area (Å²) in [4.78, 5) is 11.0. The van der Waals surface area contributed by atoms with E-state index in [1.54, 1.807) is 0 Å². The van der Waals surface area contributed by atoms with Gasteiger partial charge in [-0.2, -0.15) is 0 Å². The lowest BCUT2D eigenvalue weighted by molar-refractivity contribution is -0.136. The van der Waals surface area contributed by atoms with Crippen LogP contribution in [0.5, 0.6) is 0 Å². The predicted molar refractivity (Wildman–Crippen MR) is 45.7 cm³/mol. The lowest BCUT2D eigenvalue weighted by Crippen LogP contribution is -2.13. The van der Waals surface area contributed by atoms with Crippen molar-refractivity contribution in [3.05, 3.63) is 35.8 Å². The molecule has 1 atom stereocenters. The summed E-state index contributed by atoms with van der Waals surface area (Å²) in [7, 11) is 0. The van der Waals surface area contributed by atoms with Gasteiger partial charge in [-0.1, -0.05) is 6.58 Å². The van der Waals surface area contributed by atoms with Crippen LogP contribution in [0.25, 0.3) is 0 Å². The zero-order valence-electron chi connectivity index (χ0n) is 7.15. The molecule has 0 radical (unpaired) electrons. The van der Waals surface area contributed by atoms with Gasteiger partial charge in [0.15, 0.2) is 11.5 Å².